The van der Waals surface area contributed by atoms with Crippen LogP contribution in [0.2, 0.25) is 5.02 Å². The zero-order chi connectivity index (χ0) is 19.8. The van der Waals surface area contributed by atoms with E-state index >= 15 is 0 Å². The van der Waals surface area contributed by atoms with Crippen molar-refractivity contribution in [3.05, 3.63) is 63.9 Å². The van der Waals surface area contributed by atoms with Crippen molar-refractivity contribution in [2.75, 3.05) is 17.7 Å². The van der Waals surface area contributed by atoms with Crippen LogP contribution in [0.5, 0.6) is 0 Å². The minimum atomic E-state index is -0.445. The predicted octanol–water partition coefficient (Wildman–Crippen LogP) is 3.40. The fraction of sp³-hybridized carbons (Fsp3) is 0.238. The summed E-state index contributed by atoms with van der Waals surface area (Å²) in [6, 6.07) is 14.5. The van der Waals surface area contributed by atoms with E-state index in [-0.39, 0.29) is 23.1 Å². The highest BCUT2D eigenvalue weighted by atomic mass is 35.5. The molecule has 7 heteroatoms. The average Bonchev–Trinajstić information content (AvgIpc) is 2.67. The van der Waals surface area contributed by atoms with E-state index in [1.807, 2.05) is 36.4 Å². The van der Waals surface area contributed by atoms with Gasteiger partial charge in [0.25, 0.3) is 5.56 Å². The van der Waals surface area contributed by atoms with Crippen molar-refractivity contribution >= 4 is 39.8 Å². The zero-order valence-electron chi connectivity index (χ0n) is 15.3. The Morgan fingerprint density at radius 1 is 1.14 bits per heavy atom. The third-order valence-electron chi connectivity index (χ3n) is 5.13. The molecule has 1 aromatic heterocycles. The number of hydrogen-bond donors (Lipinski definition) is 3. The number of benzene rings is 2. The van der Waals surface area contributed by atoms with Gasteiger partial charge in [-0.2, -0.15) is 0 Å². The van der Waals surface area contributed by atoms with Gasteiger partial charge in [0.15, 0.2) is 0 Å². The summed E-state index contributed by atoms with van der Waals surface area (Å²) >= 11 is 6.20. The smallest absolute Gasteiger partial charge is 0.281 e. The first-order valence-electron chi connectivity index (χ1n) is 9.10. The van der Waals surface area contributed by atoms with Crippen LogP contribution in [0.1, 0.15) is 12.8 Å². The highest BCUT2D eigenvalue weighted by Gasteiger charge is 2.34. The molecular weight excluding hydrogens is 378 g/mol. The minimum Gasteiger partial charge on any atom is -0.393 e. The van der Waals surface area contributed by atoms with Gasteiger partial charge < -0.3 is 15.7 Å². The Kier molecular flexibility index (Phi) is 4.83. The van der Waals surface area contributed by atoms with Crippen LogP contribution >= 0.6 is 11.6 Å². The number of amides is 1. The summed E-state index contributed by atoms with van der Waals surface area (Å²) < 4.78 is 1.55. The molecule has 0 radical (unpaired) electrons. The SMILES string of the molecule is CNc1c(NC(=O)C2CC(O)C2)c(=O)n(-c2ccccc2)c2cc(Cl)ccc12. The Labute approximate surface area is 166 Å². The lowest BCUT2D eigenvalue weighted by molar-refractivity contribution is -0.126. The summed E-state index contributed by atoms with van der Waals surface area (Å²) in [4.78, 5) is 26.0. The van der Waals surface area contributed by atoms with Crippen molar-refractivity contribution in [2.45, 2.75) is 18.9 Å². The van der Waals surface area contributed by atoms with Gasteiger partial charge in [0.2, 0.25) is 5.91 Å². The lowest BCUT2D eigenvalue weighted by atomic mass is 9.82. The summed E-state index contributed by atoms with van der Waals surface area (Å²) in [7, 11) is 1.71. The fourth-order valence-corrected chi connectivity index (χ4v) is 3.77. The molecule has 1 aliphatic rings. The number of hydrogen-bond acceptors (Lipinski definition) is 4. The predicted molar refractivity (Wildman–Crippen MR) is 111 cm³/mol. The number of para-hydroxylation sites is 1. The lowest BCUT2D eigenvalue weighted by Gasteiger charge is -2.30. The lowest BCUT2D eigenvalue weighted by Crippen LogP contribution is -2.39. The van der Waals surface area contributed by atoms with Crippen LogP contribution in [0, 0.1) is 5.92 Å². The molecule has 2 aromatic carbocycles. The third kappa shape index (κ3) is 3.15. The molecular formula is C21H20ClN3O3. The summed E-state index contributed by atoms with van der Waals surface area (Å²) in [6.07, 6.45) is 0.382. The molecule has 0 bridgehead atoms. The molecule has 1 amide bonds. The molecule has 3 aromatic rings. The molecule has 3 N–H and O–H groups in total. The number of aliphatic hydroxyl groups excluding tert-OH is 1. The summed E-state index contributed by atoms with van der Waals surface area (Å²) in [5.41, 5.74) is 1.70. The van der Waals surface area contributed by atoms with E-state index in [0.29, 0.717) is 34.8 Å². The Hall–Kier alpha value is -2.83. The van der Waals surface area contributed by atoms with Crippen molar-refractivity contribution in [3.63, 3.8) is 0 Å². The van der Waals surface area contributed by atoms with Gasteiger partial charge in [-0.1, -0.05) is 29.8 Å². The maximum Gasteiger partial charge on any atom is 0.281 e. The van der Waals surface area contributed by atoms with Crippen molar-refractivity contribution < 1.29 is 9.90 Å². The van der Waals surface area contributed by atoms with Crippen molar-refractivity contribution in [3.8, 4) is 5.69 Å². The first-order valence-corrected chi connectivity index (χ1v) is 9.47. The fourth-order valence-electron chi connectivity index (χ4n) is 3.60. The normalized spacial score (nSPS) is 18.5. The topological polar surface area (TPSA) is 83.4 Å². The van der Waals surface area contributed by atoms with Crippen molar-refractivity contribution in [2.24, 2.45) is 5.92 Å². The Bertz CT molecular complexity index is 1110. The molecule has 0 unspecified atom stereocenters. The average molecular weight is 398 g/mol. The molecule has 1 fully saturated rings. The number of carbonyl (C=O) groups is 1. The van der Waals surface area contributed by atoms with E-state index in [0.717, 1.165) is 5.39 Å². The number of aliphatic hydroxyl groups is 1. The van der Waals surface area contributed by atoms with Crippen molar-refractivity contribution in [1.82, 2.24) is 4.57 Å². The molecule has 4 rings (SSSR count). The Balaban J connectivity index is 1.94. The van der Waals surface area contributed by atoms with E-state index in [1.54, 1.807) is 23.7 Å². The molecule has 0 saturated heterocycles. The van der Waals surface area contributed by atoms with Gasteiger partial charge >= 0.3 is 0 Å². The van der Waals surface area contributed by atoms with Crippen LogP contribution in [0.25, 0.3) is 16.6 Å². The number of pyridine rings is 1. The van der Waals surface area contributed by atoms with Crippen LogP contribution < -0.4 is 16.2 Å². The molecule has 1 heterocycles. The van der Waals surface area contributed by atoms with E-state index in [4.69, 9.17) is 11.6 Å². The number of rotatable bonds is 4. The molecule has 0 spiro atoms. The number of aromatic nitrogens is 1. The Morgan fingerprint density at radius 2 is 1.86 bits per heavy atom. The monoisotopic (exact) mass is 397 g/mol. The molecule has 28 heavy (non-hydrogen) atoms. The van der Waals surface area contributed by atoms with Gasteiger partial charge in [0.1, 0.15) is 5.69 Å². The highest BCUT2D eigenvalue weighted by Crippen LogP contribution is 2.33. The maximum absolute atomic E-state index is 13.4. The van der Waals surface area contributed by atoms with Crippen LogP contribution in [0.15, 0.2) is 53.3 Å². The summed E-state index contributed by atoms with van der Waals surface area (Å²) in [5, 5.41) is 16.6. The second kappa shape index (κ2) is 7.30. The number of halogens is 1. The van der Waals surface area contributed by atoms with Crippen molar-refractivity contribution in [1.29, 1.82) is 0 Å². The first-order chi connectivity index (χ1) is 13.5. The van der Waals surface area contributed by atoms with Crippen LogP contribution in [0.4, 0.5) is 11.4 Å². The second-order valence-corrected chi connectivity index (χ2v) is 7.39. The zero-order valence-corrected chi connectivity index (χ0v) is 16.0. The number of nitrogens with one attached hydrogen (secondary N) is 2. The van der Waals surface area contributed by atoms with Gasteiger partial charge in [-0.15, -0.1) is 0 Å². The first kappa shape index (κ1) is 18.5. The summed E-state index contributed by atoms with van der Waals surface area (Å²) in [5.74, 6) is -0.544. The van der Waals surface area contributed by atoms with E-state index < -0.39 is 6.10 Å². The number of carbonyl (C=O) groups excluding carboxylic acids is 1. The number of anilines is 2. The molecule has 1 aliphatic carbocycles. The second-order valence-electron chi connectivity index (χ2n) is 6.95. The van der Waals surface area contributed by atoms with Gasteiger partial charge in [-0.3, -0.25) is 14.2 Å². The van der Waals surface area contributed by atoms with E-state index in [2.05, 4.69) is 10.6 Å². The van der Waals surface area contributed by atoms with Crippen LogP contribution in [-0.2, 0) is 4.79 Å². The van der Waals surface area contributed by atoms with Gasteiger partial charge in [0, 0.05) is 29.1 Å². The molecule has 1 saturated carbocycles. The number of nitrogens with zero attached hydrogens (tertiary/aromatic N) is 1. The summed E-state index contributed by atoms with van der Waals surface area (Å²) in [6.45, 7) is 0. The van der Waals surface area contributed by atoms with Crippen LogP contribution in [-0.4, -0.2) is 28.7 Å². The molecule has 0 atom stereocenters. The van der Waals surface area contributed by atoms with E-state index in [9.17, 15) is 14.7 Å². The molecule has 144 valence electrons. The van der Waals surface area contributed by atoms with Gasteiger partial charge in [-0.25, -0.2) is 0 Å². The molecule has 0 aliphatic heterocycles. The standard InChI is InChI=1S/C21H20ClN3O3/c1-23-18-16-8-7-13(22)11-17(16)25(14-5-3-2-4-6-14)21(28)19(18)24-20(27)12-9-15(26)10-12/h2-8,11-12,15,23,26H,9-10H2,1H3,(H,24,27). The third-order valence-corrected chi connectivity index (χ3v) is 5.37. The quantitative estimate of drug-likeness (QED) is 0.630. The van der Waals surface area contributed by atoms with E-state index in [1.165, 1.54) is 0 Å². The maximum atomic E-state index is 13.4. The largest absolute Gasteiger partial charge is 0.393 e. The molecule has 6 nitrogen and oxygen atoms in total. The van der Waals surface area contributed by atoms with Crippen LogP contribution in [0.3, 0.4) is 0 Å². The minimum absolute atomic E-state index is 0.188. The van der Waals surface area contributed by atoms with Gasteiger partial charge in [0.05, 0.1) is 17.3 Å². The number of fused-ring (bicyclic) bond motifs is 1. The highest BCUT2D eigenvalue weighted by molar-refractivity contribution is 6.31. The Morgan fingerprint density at radius 3 is 2.50 bits per heavy atom. The van der Waals surface area contributed by atoms with Gasteiger partial charge in [-0.05, 0) is 43.2 Å².